The minimum atomic E-state index is -1.10. The normalized spacial score (nSPS) is 12.1. The third-order valence-corrected chi connectivity index (χ3v) is 2.18. The zero-order valence-corrected chi connectivity index (χ0v) is 9.51. The van der Waals surface area contributed by atoms with Crippen LogP contribution in [0.1, 0.15) is 17.8 Å². The molecule has 0 bridgehead atoms. The lowest BCUT2D eigenvalue weighted by Crippen LogP contribution is -2.39. The Bertz CT molecular complexity index is 420. The van der Waals surface area contributed by atoms with Gasteiger partial charge in [0.2, 0.25) is 5.91 Å². The van der Waals surface area contributed by atoms with Crippen molar-refractivity contribution >= 4 is 11.9 Å². The largest absolute Gasteiger partial charge is 0.480 e. The van der Waals surface area contributed by atoms with E-state index in [1.807, 2.05) is 19.1 Å². The second kappa shape index (κ2) is 5.95. The van der Waals surface area contributed by atoms with Crippen LogP contribution in [-0.4, -0.2) is 28.0 Å². The number of carbonyl (C=O) groups is 2. The van der Waals surface area contributed by atoms with E-state index in [0.29, 0.717) is 0 Å². The van der Waals surface area contributed by atoms with Crippen LogP contribution in [0.4, 0.5) is 0 Å². The van der Waals surface area contributed by atoms with Gasteiger partial charge in [0.1, 0.15) is 6.04 Å². The molecule has 0 aromatic carbocycles. The first-order valence-electron chi connectivity index (χ1n) is 5.16. The van der Waals surface area contributed by atoms with Gasteiger partial charge in [-0.15, -0.1) is 0 Å². The van der Waals surface area contributed by atoms with E-state index in [4.69, 9.17) is 10.8 Å². The number of nitrogens with zero attached hydrogens (tertiary/aromatic N) is 1. The number of amides is 1. The Balaban J connectivity index is 2.57. The van der Waals surface area contributed by atoms with Crippen molar-refractivity contribution in [2.24, 2.45) is 5.73 Å². The fraction of sp³-hybridized carbons (Fsp3) is 0.364. The number of aliphatic carboxylic acids is 1. The first-order valence-corrected chi connectivity index (χ1v) is 5.16. The molecule has 1 amide bonds. The highest BCUT2D eigenvalue weighted by Gasteiger charge is 2.19. The Hall–Kier alpha value is -1.95. The molecular formula is C11H15N3O3. The Morgan fingerprint density at radius 2 is 2.24 bits per heavy atom. The first kappa shape index (κ1) is 13.1. The smallest absolute Gasteiger partial charge is 0.321 e. The second-order valence-electron chi connectivity index (χ2n) is 3.71. The molecule has 6 nitrogen and oxygen atoms in total. The van der Waals surface area contributed by atoms with Crippen LogP contribution in [0.3, 0.4) is 0 Å². The number of carbonyl (C=O) groups excluding carboxylic acids is 1. The van der Waals surface area contributed by atoms with Gasteiger partial charge in [0.25, 0.3) is 0 Å². The van der Waals surface area contributed by atoms with E-state index >= 15 is 0 Å². The number of pyridine rings is 1. The van der Waals surface area contributed by atoms with Crippen LogP contribution in [-0.2, 0) is 16.1 Å². The van der Waals surface area contributed by atoms with Crippen LogP contribution in [0, 0.1) is 6.92 Å². The van der Waals surface area contributed by atoms with E-state index in [-0.39, 0.29) is 13.0 Å². The lowest BCUT2D eigenvalue weighted by atomic mass is 10.2. The van der Waals surface area contributed by atoms with E-state index in [1.165, 1.54) is 0 Å². The van der Waals surface area contributed by atoms with Crippen molar-refractivity contribution < 1.29 is 14.7 Å². The summed E-state index contributed by atoms with van der Waals surface area (Å²) in [7, 11) is 0. The minimum absolute atomic E-state index is 0.235. The van der Waals surface area contributed by atoms with Gasteiger partial charge in [-0.3, -0.25) is 19.9 Å². The second-order valence-corrected chi connectivity index (χ2v) is 3.71. The lowest BCUT2D eigenvalue weighted by Gasteiger charge is -2.12. The highest BCUT2D eigenvalue weighted by molar-refractivity contribution is 5.83. The molecule has 1 rings (SSSR count). The van der Waals surface area contributed by atoms with Gasteiger partial charge in [-0.1, -0.05) is 6.07 Å². The monoisotopic (exact) mass is 237 g/mol. The number of nitrogens with two attached hydrogens (primary N) is 1. The molecule has 0 saturated heterocycles. The lowest BCUT2D eigenvalue weighted by molar-refractivity contribution is -0.141. The average molecular weight is 237 g/mol. The summed E-state index contributed by atoms with van der Waals surface area (Å²) in [5.41, 5.74) is 6.54. The topological polar surface area (TPSA) is 105 Å². The van der Waals surface area contributed by atoms with Gasteiger partial charge in [-0.25, -0.2) is 0 Å². The summed E-state index contributed by atoms with van der Waals surface area (Å²) in [5.74, 6) is -1.75. The number of hydrogen-bond donors (Lipinski definition) is 3. The third-order valence-electron chi connectivity index (χ3n) is 2.18. The molecular weight excluding hydrogens is 222 g/mol. The standard InChI is InChI=1S/C11H15N3O3/c1-7-3-2-4-8(14-7)6-13-9(11(16)17)5-10(12)15/h2-4,9,13H,5-6H2,1H3,(H2,12,15)(H,16,17)/t9-/m0/s1. The van der Waals surface area contributed by atoms with Gasteiger partial charge in [-0.2, -0.15) is 0 Å². The van der Waals surface area contributed by atoms with Crippen LogP contribution >= 0.6 is 0 Å². The highest BCUT2D eigenvalue weighted by atomic mass is 16.4. The number of primary amides is 1. The van der Waals surface area contributed by atoms with Crippen molar-refractivity contribution in [2.75, 3.05) is 0 Å². The summed E-state index contributed by atoms with van der Waals surface area (Å²) in [5, 5.41) is 11.6. The van der Waals surface area contributed by atoms with Gasteiger partial charge in [0.15, 0.2) is 0 Å². The number of rotatable bonds is 6. The maximum atomic E-state index is 10.8. The van der Waals surface area contributed by atoms with Crippen molar-refractivity contribution in [2.45, 2.75) is 25.9 Å². The molecule has 1 aromatic rings. The molecule has 17 heavy (non-hydrogen) atoms. The Labute approximate surface area is 98.8 Å². The zero-order chi connectivity index (χ0) is 12.8. The summed E-state index contributed by atoms with van der Waals surface area (Å²) in [6, 6.07) is 4.49. The van der Waals surface area contributed by atoms with Crippen LogP contribution in [0.15, 0.2) is 18.2 Å². The summed E-state index contributed by atoms with van der Waals surface area (Å²) >= 11 is 0. The molecule has 1 heterocycles. The number of carboxylic acids is 1. The summed E-state index contributed by atoms with van der Waals surface area (Å²) in [4.78, 5) is 25.7. The minimum Gasteiger partial charge on any atom is -0.480 e. The number of nitrogens with one attached hydrogen (secondary N) is 1. The number of aromatic nitrogens is 1. The van der Waals surface area contributed by atoms with Gasteiger partial charge in [0, 0.05) is 12.2 Å². The van der Waals surface area contributed by atoms with Crippen molar-refractivity contribution in [3.05, 3.63) is 29.6 Å². The Morgan fingerprint density at radius 3 is 2.76 bits per heavy atom. The van der Waals surface area contributed by atoms with Crippen molar-refractivity contribution in [1.82, 2.24) is 10.3 Å². The fourth-order valence-corrected chi connectivity index (χ4v) is 1.37. The molecule has 0 aliphatic rings. The zero-order valence-electron chi connectivity index (χ0n) is 9.51. The van der Waals surface area contributed by atoms with E-state index in [2.05, 4.69) is 10.3 Å². The van der Waals surface area contributed by atoms with Crippen LogP contribution < -0.4 is 11.1 Å². The predicted molar refractivity (Wildman–Crippen MR) is 61.0 cm³/mol. The molecule has 0 aliphatic carbocycles. The number of carboxylic acid groups (broad SMARTS) is 1. The Kier molecular flexibility index (Phi) is 4.59. The molecule has 1 atom stereocenters. The number of aryl methyl sites for hydroxylation is 1. The SMILES string of the molecule is Cc1cccc(CN[C@@H](CC(N)=O)C(=O)O)n1. The van der Waals surface area contributed by atoms with Crippen molar-refractivity contribution in [3.8, 4) is 0 Å². The average Bonchev–Trinajstić information content (AvgIpc) is 2.23. The van der Waals surface area contributed by atoms with Gasteiger partial charge >= 0.3 is 5.97 Å². The molecule has 0 fully saturated rings. The molecule has 92 valence electrons. The third kappa shape index (κ3) is 4.60. The number of hydrogen-bond acceptors (Lipinski definition) is 4. The highest BCUT2D eigenvalue weighted by Crippen LogP contribution is 1.99. The summed E-state index contributed by atoms with van der Waals surface area (Å²) < 4.78 is 0. The van der Waals surface area contributed by atoms with E-state index in [1.54, 1.807) is 6.07 Å². The van der Waals surface area contributed by atoms with Crippen LogP contribution in [0.2, 0.25) is 0 Å². The van der Waals surface area contributed by atoms with Gasteiger partial charge in [-0.05, 0) is 19.1 Å². The molecule has 0 radical (unpaired) electrons. The molecule has 4 N–H and O–H groups in total. The predicted octanol–water partition coefficient (Wildman–Crippen LogP) is -0.192. The van der Waals surface area contributed by atoms with Crippen LogP contribution in [0.5, 0.6) is 0 Å². The molecule has 1 aromatic heterocycles. The maximum Gasteiger partial charge on any atom is 0.321 e. The first-order chi connectivity index (χ1) is 7.99. The maximum absolute atomic E-state index is 10.8. The van der Waals surface area contributed by atoms with E-state index in [0.717, 1.165) is 11.4 Å². The molecule has 6 heteroatoms. The van der Waals surface area contributed by atoms with E-state index < -0.39 is 17.9 Å². The molecule has 0 saturated carbocycles. The quantitative estimate of drug-likeness (QED) is 0.636. The fourth-order valence-electron chi connectivity index (χ4n) is 1.37. The van der Waals surface area contributed by atoms with Gasteiger partial charge < -0.3 is 10.8 Å². The van der Waals surface area contributed by atoms with Crippen molar-refractivity contribution in [3.63, 3.8) is 0 Å². The molecule has 0 unspecified atom stereocenters. The summed E-state index contributed by atoms with van der Waals surface area (Å²) in [6.07, 6.45) is -0.235. The van der Waals surface area contributed by atoms with Gasteiger partial charge in [0.05, 0.1) is 12.1 Å². The van der Waals surface area contributed by atoms with Crippen LogP contribution in [0.25, 0.3) is 0 Å². The summed E-state index contributed by atoms with van der Waals surface area (Å²) in [6.45, 7) is 2.13. The molecule has 0 aliphatic heterocycles. The van der Waals surface area contributed by atoms with E-state index in [9.17, 15) is 9.59 Å². The molecule has 0 spiro atoms. The Morgan fingerprint density at radius 1 is 1.53 bits per heavy atom. The van der Waals surface area contributed by atoms with Crippen molar-refractivity contribution in [1.29, 1.82) is 0 Å².